The van der Waals surface area contributed by atoms with Crippen molar-refractivity contribution >= 4 is 17.7 Å². The zero-order valence-electron chi connectivity index (χ0n) is 11.4. The van der Waals surface area contributed by atoms with Crippen molar-refractivity contribution in [3.63, 3.8) is 0 Å². The lowest BCUT2D eigenvalue weighted by atomic mass is 10.1. The highest BCUT2D eigenvalue weighted by Crippen LogP contribution is 2.07. The maximum atomic E-state index is 11.5. The molecular weight excluding hydrogens is 264 g/mol. The highest BCUT2D eigenvalue weighted by molar-refractivity contribution is 5.98. The normalized spacial score (nSPS) is 32.8. The molecular formula is C14H18O6. The summed E-state index contributed by atoms with van der Waals surface area (Å²) in [6.45, 7) is 3.24. The Morgan fingerprint density at radius 3 is 2.30 bits per heavy atom. The van der Waals surface area contributed by atoms with Crippen LogP contribution in [0.3, 0.4) is 0 Å². The van der Waals surface area contributed by atoms with Crippen LogP contribution in [0.15, 0.2) is 24.3 Å². The maximum Gasteiger partial charge on any atom is 0.331 e. The summed E-state index contributed by atoms with van der Waals surface area (Å²) in [6.07, 6.45) is 2.69. The lowest BCUT2D eigenvalue weighted by Crippen LogP contribution is -2.26. The molecule has 6 heteroatoms. The number of ether oxygens (including phenoxy) is 2. The third kappa shape index (κ3) is 5.79. The lowest BCUT2D eigenvalue weighted by molar-refractivity contribution is -0.144. The smallest absolute Gasteiger partial charge is 0.331 e. The molecule has 1 heterocycles. The van der Waals surface area contributed by atoms with Crippen LogP contribution in [0.4, 0.5) is 0 Å². The monoisotopic (exact) mass is 282 g/mol. The van der Waals surface area contributed by atoms with Crippen LogP contribution in [0.5, 0.6) is 0 Å². The first-order chi connectivity index (χ1) is 9.38. The second-order valence-corrected chi connectivity index (χ2v) is 4.62. The molecule has 0 aromatic heterocycles. The number of hydrogen-bond acceptors (Lipinski definition) is 6. The van der Waals surface area contributed by atoms with E-state index in [1.54, 1.807) is 19.9 Å². The van der Waals surface area contributed by atoms with E-state index in [1.807, 2.05) is 0 Å². The topological polar surface area (TPSA) is 89.9 Å². The maximum absolute atomic E-state index is 11.5. The molecule has 1 aliphatic heterocycles. The number of aliphatic hydroxyl groups excluding tert-OH is 1. The van der Waals surface area contributed by atoms with Gasteiger partial charge in [-0.2, -0.15) is 0 Å². The summed E-state index contributed by atoms with van der Waals surface area (Å²) in [5.74, 6) is -1.87. The molecule has 0 aromatic rings. The fraction of sp³-hybridized carbons (Fsp3) is 0.500. The lowest BCUT2D eigenvalue weighted by Gasteiger charge is -2.15. The molecule has 0 aromatic carbocycles. The third-order valence-corrected chi connectivity index (χ3v) is 2.62. The van der Waals surface area contributed by atoms with E-state index in [9.17, 15) is 19.5 Å². The first kappa shape index (κ1) is 16.1. The first-order valence-corrected chi connectivity index (χ1v) is 6.36. The van der Waals surface area contributed by atoms with Crippen molar-refractivity contribution in [2.75, 3.05) is 0 Å². The van der Waals surface area contributed by atoms with E-state index < -0.39 is 36.0 Å². The van der Waals surface area contributed by atoms with Gasteiger partial charge in [-0.05, 0) is 19.9 Å². The molecule has 1 unspecified atom stereocenters. The van der Waals surface area contributed by atoms with Crippen LogP contribution < -0.4 is 0 Å². The van der Waals surface area contributed by atoms with Crippen LogP contribution in [-0.4, -0.2) is 41.1 Å². The molecule has 110 valence electrons. The van der Waals surface area contributed by atoms with Crippen molar-refractivity contribution in [1.82, 2.24) is 0 Å². The Kier molecular flexibility index (Phi) is 6.11. The quantitative estimate of drug-likeness (QED) is 0.657. The van der Waals surface area contributed by atoms with Crippen molar-refractivity contribution < 1.29 is 29.0 Å². The molecule has 3 atom stereocenters. The van der Waals surface area contributed by atoms with Crippen LogP contribution in [-0.2, 0) is 23.9 Å². The standard InChI is InChI=1S/C14H18O6/c1-9-4-3-5-13(17)20-10(2)8-12(16)11(15)6-7-14(18)19-9/h3,5-7,9-10,12,16H,4,8H2,1-2H3/b5-3+,7-6+/t9?,10-,12-/m1/s1. The van der Waals surface area contributed by atoms with Gasteiger partial charge in [0.05, 0.1) is 0 Å². The molecule has 0 amide bonds. The Labute approximate surface area is 117 Å². The Morgan fingerprint density at radius 2 is 1.60 bits per heavy atom. The molecule has 20 heavy (non-hydrogen) atoms. The number of rotatable bonds is 0. The summed E-state index contributed by atoms with van der Waals surface area (Å²) in [6, 6.07) is 0. The van der Waals surface area contributed by atoms with Crippen LogP contribution in [0.25, 0.3) is 0 Å². The zero-order valence-corrected chi connectivity index (χ0v) is 11.4. The Morgan fingerprint density at radius 1 is 1.00 bits per heavy atom. The molecule has 0 saturated heterocycles. The predicted octanol–water partition coefficient (Wildman–Crippen LogP) is 0.686. The molecule has 0 spiro atoms. The van der Waals surface area contributed by atoms with Gasteiger partial charge in [-0.15, -0.1) is 0 Å². The fourth-order valence-corrected chi connectivity index (χ4v) is 1.62. The molecule has 0 fully saturated rings. The minimum atomic E-state index is -1.33. The highest BCUT2D eigenvalue weighted by Gasteiger charge is 2.19. The Bertz CT molecular complexity index is 437. The summed E-state index contributed by atoms with van der Waals surface area (Å²) in [5.41, 5.74) is 0. The van der Waals surface area contributed by atoms with Crippen molar-refractivity contribution in [1.29, 1.82) is 0 Å². The SMILES string of the molecule is CC1C/C=C/C(=O)O[C@H](C)C[C@@H](O)C(=O)/C=C/C(=O)O1. The van der Waals surface area contributed by atoms with E-state index in [0.29, 0.717) is 6.42 Å². The average Bonchev–Trinajstić information content (AvgIpc) is 2.34. The molecule has 0 saturated carbocycles. The molecule has 1 N–H and O–H groups in total. The third-order valence-electron chi connectivity index (χ3n) is 2.62. The minimum Gasteiger partial charge on any atom is -0.459 e. The second kappa shape index (κ2) is 7.59. The zero-order chi connectivity index (χ0) is 15.1. The summed E-state index contributed by atoms with van der Waals surface area (Å²) < 4.78 is 9.97. The van der Waals surface area contributed by atoms with Crippen LogP contribution in [0.1, 0.15) is 26.7 Å². The number of carbonyl (C=O) groups excluding carboxylic acids is 3. The summed E-state index contributed by atoms with van der Waals surface area (Å²) in [4.78, 5) is 34.3. The van der Waals surface area contributed by atoms with Gasteiger partial charge < -0.3 is 14.6 Å². The Hall–Kier alpha value is -1.95. The van der Waals surface area contributed by atoms with Crippen LogP contribution in [0.2, 0.25) is 0 Å². The van der Waals surface area contributed by atoms with Gasteiger partial charge in [-0.25, -0.2) is 9.59 Å². The van der Waals surface area contributed by atoms with Gasteiger partial charge >= 0.3 is 11.9 Å². The number of cyclic esters (lactones) is 2. The van der Waals surface area contributed by atoms with Crippen molar-refractivity contribution in [3.8, 4) is 0 Å². The summed E-state index contributed by atoms with van der Waals surface area (Å²) >= 11 is 0. The van der Waals surface area contributed by atoms with E-state index in [4.69, 9.17) is 9.47 Å². The molecule has 0 bridgehead atoms. The molecule has 0 aliphatic carbocycles. The van der Waals surface area contributed by atoms with E-state index >= 15 is 0 Å². The number of carbonyl (C=O) groups is 3. The Balaban J connectivity index is 2.82. The van der Waals surface area contributed by atoms with Gasteiger partial charge in [-0.3, -0.25) is 4.79 Å². The minimum absolute atomic E-state index is 0.0335. The summed E-state index contributed by atoms with van der Waals surface area (Å²) in [7, 11) is 0. The van der Waals surface area contributed by atoms with Crippen molar-refractivity contribution in [2.45, 2.75) is 45.0 Å². The number of ketones is 1. The van der Waals surface area contributed by atoms with Crippen LogP contribution >= 0.6 is 0 Å². The van der Waals surface area contributed by atoms with E-state index in [0.717, 1.165) is 12.2 Å². The number of hydrogen-bond donors (Lipinski definition) is 1. The van der Waals surface area contributed by atoms with E-state index in [1.165, 1.54) is 6.08 Å². The van der Waals surface area contributed by atoms with Gasteiger partial charge in [0, 0.05) is 25.0 Å². The van der Waals surface area contributed by atoms with Gasteiger partial charge in [-0.1, -0.05) is 6.08 Å². The molecule has 1 aliphatic rings. The predicted molar refractivity (Wildman–Crippen MR) is 69.6 cm³/mol. The number of aliphatic hydroxyl groups is 1. The molecule has 1 rings (SSSR count). The van der Waals surface area contributed by atoms with Crippen LogP contribution in [0, 0.1) is 0 Å². The highest BCUT2D eigenvalue weighted by atomic mass is 16.5. The average molecular weight is 282 g/mol. The van der Waals surface area contributed by atoms with Gasteiger partial charge in [0.15, 0.2) is 5.78 Å². The fourth-order valence-electron chi connectivity index (χ4n) is 1.62. The van der Waals surface area contributed by atoms with Gasteiger partial charge in [0.2, 0.25) is 0 Å². The first-order valence-electron chi connectivity index (χ1n) is 6.36. The van der Waals surface area contributed by atoms with E-state index in [-0.39, 0.29) is 6.42 Å². The largest absolute Gasteiger partial charge is 0.459 e. The van der Waals surface area contributed by atoms with E-state index in [2.05, 4.69) is 0 Å². The van der Waals surface area contributed by atoms with Gasteiger partial charge in [0.25, 0.3) is 0 Å². The number of esters is 2. The van der Waals surface area contributed by atoms with Gasteiger partial charge in [0.1, 0.15) is 18.3 Å². The molecule has 0 radical (unpaired) electrons. The summed E-state index contributed by atoms with van der Waals surface area (Å²) in [5, 5.41) is 9.62. The van der Waals surface area contributed by atoms with Crippen molar-refractivity contribution in [2.24, 2.45) is 0 Å². The molecule has 6 nitrogen and oxygen atoms in total. The second-order valence-electron chi connectivity index (χ2n) is 4.62. The van der Waals surface area contributed by atoms with Crippen molar-refractivity contribution in [3.05, 3.63) is 24.3 Å².